The molecule has 2 heteroatoms. The van der Waals surface area contributed by atoms with E-state index in [4.69, 9.17) is 9.47 Å². The molecule has 4 rings (SSSR count). The third-order valence-corrected chi connectivity index (χ3v) is 4.23. The minimum absolute atomic E-state index is 0.305. The van der Waals surface area contributed by atoms with E-state index in [2.05, 4.69) is 62.4 Å². The average molecular weight is 266 g/mol. The third kappa shape index (κ3) is 2.15. The monoisotopic (exact) mass is 266 g/mol. The van der Waals surface area contributed by atoms with Crippen LogP contribution in [0, 0.1) is 0 Å². The van der Waals surface area contributed by atoms with Crippen LogP contribution in [0.15, 0.2) is 48.5 Å². The highest BCUT2D eigenvalue weighted by molar-refractivity contribution is 5.64. The normalized spacial score (nSPS) is 31.1. The van der Waals surface area contributed by atoms with Crippen LogP contribution in [0.5, 0.6) is 0 Å². The summed E-state index contributed by atoms with van der Waals surface area (Å²) in [5.74, 6) is 0. The van der Waals surface area contributed by atoms with Crippen LogP contribution in [0.25, 0.3) is 11.1 Å². The molecule has 0 aromatic heterocycles. The summed E-state index contributed by atoms with van der Waals surface area (Å²) in [4.78, 5) is 0. The summed E-state index contributed by atoms with van der Waals surface area (Å²) in [6, 6.07) is 17.4. The highest BCUT2D eigenvalue weighted by atomic mass is 16.6. The van der Waals surface area contributed by atoms with Crippen LogP contribution in [0.2, 0.25) is 0 Å². The molecule has 0 unspecified atom stereocenters. The molecule has 0 radical (unpaired) electrons. The van der Waals surface area contributed by atoms with Crippen molar-refractivity contribution in [2.75, 3.05) is 0 Å². The molecular formula is C18H18O2. The summed E-state index contributed by atoms with van der Waals surface area (Å²) in [5.41, 5.74) is 5.05. The molecule has 2 aromatic carbocycles. The molecule has 4 atom stereocenters. The van der Waals surface area contributed by atoms with E-state index in [1.807, 2.05) is 0 Å². The molecule has 2 saturated heterocycles. The first-order valence-corrected chi connectivity index (χ1v) is 7.23. The highest BCUT2D eigenvalue weighted by Crippen LogP contribution is 2.40. The number of hydrogen-bond donors (Lipinski definition) is 0. The van der Waals surface area contributed by atoms with Gasteiger partial charge in [-0.2, -0.15) is 0 Å². The van der Waals surface area contributed by atoms with Gasteiger partial charge < -0.3 is 9.47 Å². The van der Waals surface area contributed by atoms with Gasteiger partial charge in [0.1, 0.15) is 12.2 Å². The van der Waals surface area contributed by atoms with E-state index in [9.17, 15) is 0 Å². The molecule has 0 N–H and O–H groups in total. The van der Waals surface area contributed by atoms with Gasteiger partial charge in [-0.15, -0.1) is 0 Å². The van der Waals surface area contributed by atoms with Crippen molar-refractivity contribution in [1.29, 1.82) is 0 Å². The van der Waals surface area contributed by atoms with Crippen molar-refractivity contribution in [2.45, 2.75) is 38.3 Å². The molecule has 2 fully saturated rings. The number of benzene rings is 2. The first kappa shape index (κ1) is 12.1. The number of hydrogen-bond acceptors (Lipinski definition) is 2. The van der Waals surface area contributed by atoms with Gasteiger partial charge in [-0.3, -0.25) is 0 Å². The number of rotatable bonds is 3. The zero-order valence-corrected chi connectivity index (χ0v) is 11.7. The Balaban J connectivity index is 1.54. The summed E-state index contributed by atoms with van der Waals surface area (Å²) in [6.45, 7) is 4.22. The maximum Gasteiger partial charge on any atom is 0.109 e. The van der Waals surface area contributed by atoms with Crippen molar-refractivity contribution < 1.29 is 9.47 Å². The topological polar surface area (TPSA) is 25.1 Å². The lowest BCUT2D eigenvalue weighted by Gasteiger charge is -2.04. The molecule has 2 aromatic rings. The number of epoxide rings is 2. The lowest BCUT2D eigenvalue weighted by molar-refractivity contribution is 0.383. The summed E-state index contributed by atoms with van der Waals surface area (Å²) in [5, 5.41) is 0. The maximum absolute atomic E-state index is 5.49. The molecular weight excluding hydrogens is 248 g/mol. The quantitative estimate of drug-likeness (QED) is 0.775. The molecule has 0 spiro atoms. The van der Waals surface area contributed by atoms with E-state index in [1.54, 1.807) is 0 Å². The Morgan fingerprint density at radius 2 is 0.900 bits per heavy atom. The molecule has 2 nitrogen and oxygen atoms in total. The van der Waals surface area contributed by atoms with Crippen molar-refractivity contribution >= 4 is 0 Å². The van der Waals surface area contributed by atoms with Gasteiger partial charge in [0, 0.05) is 0 Å². The standard InChI is InChI=1S/C18H18O2/c1-11-17(19-11)15-7-3-13(4-8-15)14-5-9-16(10-6-14)18-12(2)20-18/h3-12,17-18H,1-2H3/t11-,12-,17-,18+/m0/s1. The first-order valence-electron chi connectivity index (χ1n) is 7.23. The predicted octanol–water partition coefficient (Wildman–Crippen LogP) is 4.27. The minimum atomic E-state index is 0.305. The van der Waals surface area contributed by atoms with Crippen LogP contribution in [-0.4, -0.2) is 12.2 Å². The van der Waals surface area contributed by atoms with E-state index >= 15 is 0 Å². The fourth-order valence-electron chi connectivity index (χ4n) is 2.80. The Bertz CT molecular complexity index is 557. The summed E-state index contributed by atoms with van der Waals surface area (Å²) in [7, 11) is 0. The van der Waals surface area contributed by atoms with Crippen LogP contribution in [-0.2, 0) is 9.47 Å². The van der Waals surface area contributed by atoms with Crippen molar-refractivity contribution in [3.8, 4) is 11.1 Å². The van der Waals surface area contributed by atoms with Gasteiger partial charge in [0.2, 0.25) is 0 Å². The van der Waals surface area contributed by atoms with E-state index in [0.29, 0.717) is 24.4 Å². The maximum atomic E-state index is 5.49. The second-order valence-electron chi connectivity index (χ2n) is 5.77. The second kappa shape index (κ2) is 4.44. The fraction of sp³-hybridized carbons (Fsp3) is 0.333. The largest absolute Gasteiger partial charge is 0.365 e. The molecule has 0 bridgehead atoms. The van der Waals surface area contributed by atoms with Crippen LogP contribution < -0.4 is 0 Å². The van der Waals surface area contributed by atoms with E-state index in [-0.39, 0.29) is 0 Å². The van der Waals surface area contributed by atoms with Gasteiger partial charge >= 0.3 is 0 Å². The first-order chi connectivity index (χ1) is 9.72. The average Bonchev–Trinajstić information content (AvgIpc) is 3.38. The van der Waals surface area contributed by atoms with Crippen LogP contribution in [0.4, 0.5) is 0 Å². The molecule has 0 amide bonds. The molecule has 2 heterocycles. The Morgan fingerprint density at radius 3 is 1.15 bits per heavy atom. The van der Waals surface area contributed by atoms with E-state index in [0.717, 1.165) is 0 Å². The number of ether oxygens (including phenoxy) is 2. The van der Waals surface area contributed by atoms with E-state index in [1.165, 1.54) is 22.3 Å². The lowest BCUT2D eigenvalue weighted by atomic mass is 10.00. The van der Waals surface area contributed by atoms with Gasteiger partial charge in [0.15, 0.2) is 0 Å². The summed E-state index contributed by atoms with van der Waals surface area (Å²) >= 11 is 0. The lowest BCUT2D eigenvalue weighted by Crippen LogP contribution is -1.86. The fourth-order valence-corrected chi connectivity index (χ4v) is 2.80. The molecule has 0 saturated carbocycles. The minimum Gasteiger partial charge on any atom is -0.365 e. The SMILES string of the molecule is C[C@@H]1O[C@@H]1c1ccc(-c2ccc([C@@H]3O[C@H]3C)cc2)cc1. The van der Waals surface area contributed by atoms with Crippen molar-refractivity contribution in [1.82, 2.24) is 0 Å². The van der Waals surface area contributed by atoms with Crippen molar-refractivity contribution in [2.24, 2.45) is 0 Å². The highest BCUT2D eigenvalue weighted by Gasteiger charge is 2.36. The van der Waals surface area contributed by atoms with Gasteiger partial charge in [0.05, 0.1) is 12.2 Å². The smallest absolute Gasteiger partial charge is 0.109 e. The van der Waals surface area contributed by atoms with Crippen LogP contribution >= 0.6 is 0 Å². The van der Waals surface area contributed by atoms with Crippen LogP contribution in [0.1, 0.15) is 37.2 Å². The van der Waals surface area contributed by atoms with Gasteiger partial charge in [-0.05, 0) is 36.1 Å². The Morgan fingerprint density at radius 1 is 0.600 bits per heavy atom. The van der Waals surface area contributed by atoms with Crippen molar-refractivity contribution in [3.63, 3.8) is 0 Å². The van der Waals surface area contributed by atoms with E-state index < -0.39 is 0 Å². The molecule has 102 valence electrons. The Hall–Kier alpha value is -1.64. The Labute approximate surface area is 119 Å². The third-order valence-electron chi connectivity index (χ3n) is 4.23. The zero-order chi connectivity index (χ0) is 13.7. The zero-order valence-electron chi connectivity index (χ0n) is 11.7. The Kier molecular flexibility index (Phi) is 2.69. The van der Waals surface area contributed by atoms with Crippen molar-refractivity contribution in [3.05, 3.63) is 59.7 Å². The molecule has 20 heavy (non-hydrogen) atoms. The molecule has 2 aliphatic heterocycles. The second-order valence-corrected chi connectivity index (χ2v) is 5.77. The molecule has 0 aliphatic carbocycles. The predicted molar refractivity (Wildman–Crippen MR) is 78.5 cm³/mol. The molecule has 2 aliphatic rings. The van der Waals surface area contributed by atoms with Gasteiger partial charge in [-0.1, -0.05) is 48.5 Å². The van der Waals surface area contributed by atoms with Crippen LogP contribution in [0.3, 0.4) is 0 Å². The van der Waals surface area contributed by atoms with Gasteiger partial charge in [-0.25, -0.2) is 0 Å². The summed E-state index contributed by atoms with van der Waals surface area (Å²) < 4.78 is 11.0. The summed E-state index contributed by atoms with van der Waals surface area (Å²) in [6.07, 6.45) is 1.36. The van der Waals surface area contributed by atoms with Gasteiger partial charge in [0.25, 0.3) is 0 Å².